The van der Waals surface area contributed by atoms with E-state index in [-0.39, 0.29) is 46.5 Å². The summed E-state index contributed by atoms with van der Waals surface area (Å²) in [6, 6.07) is 6.56. The molecule has 1 aliphatic heterocycles. The first kappa shape index (κ1) is 16.6. The summed E-state index contributed by atoms with van der Waals surface area (Å²) in [5.41, 5.74) is 1.03. The summed E-state index contributed by atoms with van der Waals surface area (Å²) < 4.78 is 10.4. The number of carbonyl (C=O) groups excluding carboxylic acids is 3. The van der Waals surface area contributed by atoms with Gasteiger partial charge in [0.15, 0.2) is 0 Å². The summed E-state index contributed by atoms with van der Waals surface area (Å²) in [6.07, 6.45) is 0.757. The molecule has 0 unspecified atom stereocenters. The number of hydrogen-bond acceptors (Lipinski definition) is 5. The van der Waals surface area contributed by atoms with E-state index in [4.69, 9.17) is 9.47 Å². The molecular weight excluding hydrogens is 390 g/mol. The van der Waals surface area contributed by atoms with Gasteiger partial charge in [0.05, 0.1) is 28.8 Å². The average molecular weight is 408 g/mol. The van der Waals surface area contributed by atoms with Crippen molar-refractivity contribution in [3.05, 3.63) is 29.8 Å². The van der Waals surface area contributed by atoms with Crippen LogP contribution in [0, 0.1) is 23.7 Å². The minimum Gasteiger partial charge on any atom is -0.462 e. The van der Waals surface area contributed by atoms with Crippen molar-refractivity contribution in [1.82, 2.24) is 0 Å². The molecule has 0 radical (unpaired) electrons. The van der Waals surface area contributed by atoms with Crippen LogP contribution in [0.4, 0.5) is 5.69 Å². The largest absolute Gasteiger partial charge is 0.462 e. The fourth-order valence-corrected chi connectivity index (χ4v) is 5.50. The van der Waals surface area contributed by atoms with Crippen molar-refractivity contribution in [1.29, 1.82) is 0 Å². The number of amides is 1. The Morgan fingerprint density at radius 1 is 1.28 bits per heavy atom. The highest BCUT2D eigenvalue weighted by Crippen LogP contribution is 2.60. The second-order valence-electron chi connectivity index (χ2n) is 6.75. The van der Waals surface area contributed by atoms with Gasteiger partial charge in [0.2, 0.25) is 5.91 Å². The second kappa shape index (κ2) is 6.12. The number of hydrogen-bond donors (Lipinski definition) is 1. The van der Waals surface area contributed by atoms with E-state index in [1.165, 1.54) is 0 Å². The number of halogens is 1. The standard InChI is InChI=1S/C18H18BrNO5/c1-2-24-17(22)8-3-5-9(6-4-8)20-16(21)12-10-7-11-13(12)18(23)25-15(11)14(10)19/h3-6,10-15H,2,7H2,1H3,(H,20,21)/t10-,11-,12-,13-,14-,15+/m1/s1. The van der Waals surface area contributed by atoms with E-state index in [1.807, 2.05) is 0 Å². The molecule has 1 saturated heterocycles. The van der Waals surface area contributed by atoms with Gasteiger partial charge in [-0.1, -0.05) is 15.9 Å². The predicted molar refractivity (Wildman–Crippen MR) is 92.2 cm³/mol. The van der Waals surface area contributed by atoms with Gasteiger partial charge in [0, 0.05) is 11.6 Å². The normalized spacial score (nSPS) is 34.7. The molecule has 1 aromatic rings. The summed E-state index contributed by atoms with van der Waals surface area (Å²) in [4.78, 5) is 36.6. The Kier molecular flexibility index (Phi) is 4.06. The second-order valence-corrected chi connectivity index (χ2v) is 7.81. The zero-order valence-corrected chi connectivity index (χ0v) is 15.2. The highest BCUT2D eigenvalue weighted by atomic mass is 79.9. The lowest BCUT2D eigenvalue weighted by Gasteiger charge is -2.27. The van der Waals surface area contributed by atoms with Crippen molar-refractivity contribution in [2.45, 2.75) is 24.3 Å². The van der Waals surface area contributed by atoms with Crippen LogP contribution in [-0.2, 0) is 19.1 Å². The molecule has 1 amide bonds. The molecule has 7 heteroatoms. The molecule has 2 bridgehead atoms. The highest BCUT2D eigenvalue weighted by molar-refractivity contribution is 9.09. The Morgan fingerprint density at radius 3 is 2.68 bits per heavy atom. The zero-order chi connectivity index (χ0) is 17.7. The van der Waals surface area contributed by atoms with E-state index in [0.717, 1.165) is 6.42 Å². The summed E-state index contributed by atoms with van der Waals surface area (Å²) in [5, 5.41) is 2.87. The number of fused-ring (bicyclic) bond motifs is 1. The maximum Gasteiger partial charge on any atom is 0.338 e. The van der Waals surface area contributed by atoms with Crippen molar-refractivity contribution in [2.75, 3.05) is 11.9 Å². The number of esters is 2. The molecule has 0 spiro atoms. The van der Waals surface area contributed by atoms with E-state index in [1.54, 1.807) is 31.2 Å². The van der Waals surface area contributed by atoms with E-state index < -0.39 is 5.97 Å². The van der Waals surface area contributed by atoms with Crippen molar-refractivity contribution in [3.63, 3.8) is 0 Å². The third kappa shape index (κ3) is 2.56. The van der Waals surface area contributed by atoms with Gasteiger partial charge in [-0.25, -0.2) is 4.79 Å². The van der Waals surface area contributed by atoms with Crippen LogP contribution in [0.3, 0.4) is 0 Å². The minimum atomic E-state index is -0.393. The number of benzene rings is 1. The molecule has 6 nitrogen and oxygen atoms in total. The number of carbonyl (C=O) groups is 3. The average Bonchev–Trinajstić information content (AvgIpc) is 3.20. The SMILES string of the molecule is CCOC(=O)c1ccc(NC(=O)[C@@H]2[C@H]3C[C@H]4[C@H](OC(=O)[C@H]42)[C@@H]3Br)cc1. The van der Waals surface area contributed by atoms with Gasteiger partial charge in [0.25, 0.3) is 0 Å². The van der Waals surface area contributed by atoms with Gasteiger partial charge in [-0.05, 0) is 43.5 Å². The van der Waals surface area contributed by atoms with Gasteiger partial charge in [0.1, 0.15) is 6.10 Å². The maximum absolute atomic E-state index is 12.8. The summed E-state index contributed by atoms with van der Waals surface area (Å²) in [7, 11) is 0. The van der Waals surface area contributed by atoms with Crippen LogP contribution in [0.5, 0.6) is 0 Å². The van der Waals surface area contributed by atoms with Crippen LogP contribution < -0.4 is 5.32 Å². The van der Waals surface area contributed by atoms with Crippen LogP contribution in [0.25, 0.3) is 0 Å². The molecule has 1 aromatic carbocycles. The van der Waals surface area contributed by atoms with Crippen molar-refractivity contribution < 1.29 is 23.9 Å². The Labute approximate surface area is 153 Å². The van der Waals surface area contributed by atoms with Gasteiger partial charge in [-0.3, -0.25) is 9.59 Å². The fourth-order valence-electron chi connectivity index (χ4n) is 4.46. The van der Waals surface area contributed by atoms with E-state index in [9.17, 15) is 14.4 Å². The first-order valence-corrected chi connectivity index (χ1v) is 9.35. The van der Waals surface area contributed by atoms with Crippen LogP contribution in [0.1, 0.15) is 23.7 Å². The molecule has 3 fully saturated rings. The van der Waals surface area contributed by atoms with Crippen LogP contribution >= 0.6 is 15.9 Å². The summed E-state index contributed by atoms with van der Waals surface area (Å²) in [6.45, 7) is 2.06. The van der Waals surface area contributed by atoms with Gasteiger partial charge in [-0.15, -0.1) is 0 Å². The lowest BCUT2D eigenvalue weighted by atomic mass is 9.79. The highest BCUT2D eigenvalue weighted by Gasteiger charge is 2.67. The van der Waals surface area contributed by atoms with Crippen LogP contribution in [0.2, 0.25) is 0 Å². The summed E-state index contributed by atoms with van der Waals surface area (Å²) in [5.74, 6) is -1.25. The van der Waals surface area contributed by atoms with Gasteiger partial charge < -0.3 is 14.8 Å². The quantitative estimate of drug-likeness (QED) is 0.611. The number of alkyl halides is 1. The molecule has 0 aromatic heterocycles. The molecule has 2 saturated carbocycles. The Morgan fingerprint density at radius 2 is 2.00 bits per heavy atom. The topological polar surface area (TPSA) is 81.7 Å². The summed E-state index contributed by atoms with van der Waals surface area (Å²) >= 11 is 3.60. The van der Waals surface area contributed by atoms with Crippen molar-refractivity contribution in [2.24, 2.45) is 23.7 Å². The van der Waals surface area contributed by atoms with Gasteiger partial charge in [-0.2, -0.15) is 0 Å². The molecular formula is C18H18BrNO5. The molecule has 132 valence electrons. The number of ether oxygens (including phenoxy) is 2. The molecule has 1 heterocycles. The molecule has 25 heavy (non-hydrogen) atoms. The Bertz CT molecular complexity index is 733. The molecule has 1 N–H and O–H groups in total. The zero-order valence-electron chi connectivity index (χ0n) is 13.6. The van der Waals surface area contributed by atoms with Crippen molar-refractivity contribution >= 4 is 39.5 Å². The van der Waals surface area contributed by atoms with E-state index in [2.05, 4.69) is 21.2 Å². The fraction of sp³-hybridized carbons (Fsp3) is 0.500. The number of rotatable bonds is 4. The number of anilines is 1. The first-order valence-electron chi connectivity index (χ1n) is 8.44. The molecule has 2 aliphatic carbocycles. The number of nitrogens with one attached hydrogen (secondary N) is 1. The lowest BCUT2D eigenvalue weighted by Crippen LogP contribution is -2.40. The third-order valence-electron chi connectivity index (χ3n) is 5.49. The maximum atomic E-state index is 12.8. The Hall–Kier alpha value is -1.89. The third-order valence-corrected chi connectivity index (χ3v) is 6.69. The Balaban J connectivity index is 1.47. The van der Waals surface area contributed by atoms with Crippen LogP contribution in [-0.4, -0.2) is 35.4 Å². The van der Waals surface area contributed by atoms with E-state index >= 15 is 0 Å². The molecule has 4 rings (SSSR count). The monoisotopic (exact) mass is 407 g/mol. The van der Waals surface area contributed by atoms with Crippen molar-refractivity contribution in [3.8, 4) is 0 Å². The molecule has 6 atom stereocenters. The predicted octanol–water partition coefficient (Wildman–Crippen LogP) is 2.37. The smallest absolute Gasteiger partial charge is 0.338 e. The first-order chi connectivity index (χ1) is 12.0. The lowest BCUT2D eigenvalue weighted by molar-refractivity contribution is -0.145. The minimum absolute atomic E-state index is 0.0436. The molecule has 3 aliphatic rings. The van der Waals surface area contributed by atoms with Crippen LogP contribution in [0.15, 0.2) is 24.3 Å². The van der Waals surface area contributed by atoms with E-state index in [0.29, 0.717) is 17.9 Å². The van der Waals surface area contributed by atoms with Gasteiger partial charge >= 0.3 is 11.9 Å².